The summed E-state index contributed by atoms with van der Waals surface area (Å²) in [7, 11) is -4.20. The highest BCUT2D eigenvalue weighted by atomic mass is 32.2. The van der Waals surface area contributed by atoms with Gasteiger partial charge in [0.2, 0.25) is 15.9 Å². The number of benzene rings is 2. The van der Waals surface area contributed by atoms with Crippen LogP contribution in [0.2, 0.25) is 0 Å². The van der Waals surface area contributed by atoms with Crippen molar-refractivity contribution in [3.63, 3.8) is 0 Å². The molecule has 0 aliphatic heterocycles. The minimum Gasteiger partial charge on any atom is -0.406 e. The smallest absolute Gasteiger partial charge is 0.406 e. The van der Waals surface area contributed by atoms with Gasteiger partial charge in [0, 0.05) is 0 Å². The van der Waals surface area contributed by atoms with Crippen molar-refractivity contribution in [1.82, 2.24) is 4.72 Å². The van der Waals surface area contributed by atoms with Gasteiger partial charge in [-0.3, -0.25) is 4.79 Å². The quantitative estimate of drug-likeness (QED) is 0.809. The lowest BCUT2D eigenvalue weighted by Crippen LogP contribution is -2.37. The van der Waals surface area contributed by atoms with Crippen LogP contribution >= 0.6 is 0 Å². The second-order valence-corrected chi connectivity index (χ2v) is 6.60. The molecule has 1 unspecified atom stereocenters. The van der Waals surface area contributed by atoms with Crippen molar-refractivity contribution < 1.29 is 31.1 Å². The Morgan fingerprint density at radius 2 is 1.60 bits per heavy atom. The van der Waals surface area contributed by atoms with Gasteiger partial charge in [-0.05, 0) is 29.8 Å². The first kappa shape index (κ1) is 18.7. The van der Waals surface area contributed by atoms with Crippen LogP contribution in [-0.2, 0) is 14.8 Å². The molecule has 25 heavy (non-hydrogen) atoms. The molecule has 3 N–H and O–H groups in total. The Kier molecular flexibility index (Phi) is 5.33. The molecule has 1 atom stereocenters. The molecule has 0 saturated carbocycles. The molecule has 2 aromatic carbocycles. The maximum atomic E-state index is 12.3. The minimum atomic E-state index is -4.89. The molecule has 0 heterocycles. The molecule has 0 bridgehead atoms. The van der Waals surface area contributed by atoms with Gasteiger partial charge in [-0.15, -0.1) is 13.2 Å². The molecule has 0 fully saturated rings. The lowest BCUT2D eigenvalue weighted by atomic mass is 10.1. The van der Waals surface area contributed by atoms with Crippen LogP contribution in [0.1, 0.15) is 11.6 Å². The number of halogens is 3. The van der Waals surface area contributed by atoms with Gasteiger partial charge in [-0.25, -0.2) is 8.42 Å². The predicted octanol–water partition coefficient (Wildman–Crippen LogP) is 2.09. The topological polar surface area (TPSA) is 98.5 Å². The van der Waals surface area contributed by atoms with Crippen LogP contribution in [0.5, 0.6) is 5.75 Å². The first-order valence-electron chi connectivity index (χ1n) is 6.81. The number of nitrogens with one attached hydrogen (secondary N) is 1. The SMILES string of the molecule is NC(=O)C(NS(=O)(=O)c1ccc(OC(F)(F)F)cc1)c1ccccc1. The summed E-state index contributed by atoms with van der Waals surface area (Å²) >= 11 is 0. The van der Waals surface area contributed by atoms with Crippen molar-refractivity contribution in [3.8, 4) is 5.75 Å². The van der Waals surface area contributed by atoms with Crippen LogP contribution in [0.3, 0.4) is 0 Å². The first-order valence-corrected chi connectivity index (χ1v) is 8.29. The number of ether oxygens (including phenoxy) is 1. The van der Waals surface area contributed by atoms with Crippen LogP contribution < -0.4 is 15.2 Å². The minimum absolute atomic E-state index is 0.329. The fourth-order valence-corrected chi connectivity index (χ4v) is 3.17. The molecule has 0 spiro atoms. The fraction of sp³-hybridized carbons (Fsp3) is 0.133. The number of nitrogens with two attached hydrogens (primary N) is 1. The molecule has 1 amide bonds. The number of primary amides is 1. The Bertz CT molecular complexity index is 837. The van der Waals surface area contributed by atoms with E-state index in [0.717, 1.165) is 24.3 Å². The Morgan fingerprint density at radius 1 is 1.04 bits per heavy atom. The standard InChI is InChI=1S/C15H13F3N2O4S/c16-15(17,18)24-11-6-8-12(9-7-11)25(22,23)20-13(14(19)21)10-4-2-1-3-5-10/h1-9,13,20H,(H2,19,21). The first-order chi connectivity index (χ1) is 11.6. The van der Waals surface area contributed by atoms with Crippen molar-refractivity contribution >= 4 is 15.9 Å². The Morgan fingerprint density at radius 3 is 2.08 bits per heavy atom. The van der Waals surface area contributed by atoms with Gasteiger partial charge < -0.3 is 10.5 Å². The summed E-state index contributed by atoms with van der Waals surface area (Å²) < 4.78 is 66.8. The molecule has 0 radical (unpaired) electrons. The lowest BCUT2D eigenvalue weighted by Gasteiger charge is -2.16. The van der Waals surface area contributed by atoms with E-state index in [0.29, 0.717) is 5.56 Å². The molecule has 6 nitrogen and oxygen atoms in total. The number of carbonyl (C=O) groups excluding carboxylic acids is 1. The van der Waals surface area contributed by atoms with E-state index in [9.17, 15) is 26.4 Å². The van der Waals surface area contributed by atoms with Crippen molar-refractivity contribution in [2.24, 2.45) is 5.73 Å². The largest absolute Gasteiger partial charge is 0.573 e. The van der Waals surface area contributed by atoms with E-state index in [2.05, 4.69) is 9.46 Å². The summed E-state index contributed by atoms with van der Waals surface area (Å²) in [6.07, 6.45) is -4.89. The number of alkyl halides is 3. The Labute approximate surface area is 141 Å². The zero-order valence-corrected chi connectivity index (χ0v) is 13.3. The zero-order valence-electron chi connectivity index (χ0n) is 12.5. The van der Waals surface area contributed by atoms with Gasteiger partial charge in [-0.1, -0.05) is 30.3 Å². The molecule has 134 valence electrons. The molecule has 2 rings (SSSR count). The second kappa shape index (κ2) is 7.11. The number of hydrogen-bond donors (Lipinski definition) is 2. The van der Waals surface area contributed by atoms with Crippen molar-refractivity contribution in [1.29, 1.82) is 0 Å². The summed E-state index contributed by atoms with van der Waals surface area (Å²) in [4.78, 5) is 11.2. The molecule has 10 heteroatoms. The summed E-state index contributed by atoms with van der Waals surface area (Å²) in [6, 6.07) is 10.1. The molecular formula is C15H13F3N2O4S. The Balaban J connectivity index is 2.24. The molecule has 0 aromatic heterocycles. The van der Waals surface area contributed by atoms with Gasteiger partial charge in [-0.2, -0.15) is 4.72 Å². The van der Waals surface area contributed by atoms with Crippen LogP contribution in [0, 0.1) is 0 Å². The number of carbonyl (C=O) groups is 1. The fourth-order valence-electron chi connectivity index (χ4n) is 1.98. The number of amides is 1. The van der Waals surface area contributed by atoms with Crippen LogP contribution in [0.25, 0.3) is 0 Å². The highest BCUT2D eigenvalue weighted by molar-refractivity contribution is 7.89. The number of hydrogen-bond acceptors (Lipinski definition) is 4. The lowest BCUT2D eigenvalue weighted by molar-refractivity contribution is -0.274. The maximum Gasteiger partial charge on any atom is 0.573 e. The highest BCUT2D eigenvalue weighted by Crippen LogP contribution is 2.24. The average Bonchev–Trinajstić information content (AvgIpc) is 2.52. The highest BCUT2D eigenvalue weighted by Gasteiger charge is 2.31. The molecule has 0 aliphatic carbocycles. The summed E-state index contributed by atoms with van der Waals surface area (Å²) in [5.41, 5.74) is 5.57. The van der Waals surface area contributed by atoms with Crippen LogP contribution in [0.4, 0.5) is 13.2 Å². The van der Waals surface area contributed by atoms with E-state index in [4.69, 9.17) is 5.73 Å². The average molecular weight is 374 g/mol. The summed E-state index contributed by atoms with van der Waals surface area (Å²) in [5.74, 6) is -1.49. The number of rotatable bonds is 6. The van der Waals surface area contributed by atoms with Crippen molar-refractivity contribution in [2.45, 2.75) is 17.3 Å². The number of sulfonamides is 1. The third-order valence-corrected chi connectivity index (χ3v) is 4.50. The van der Waals surface area contributed by atoms with Gasteiger partial charge >= 0.3 is 6.36 Å². The molecular weight excluding hydrogens is 361 g/mol. The molecule has 0 saturated heterocycles. The van der Waals surface area contributed by atoms with Crippen molar-refractivity contribution in [2.75, 3.05) is 0 Å². The third kappa shape index (κ3) is 5.19. The summed E-state index contributed by atoms with van der Waals surface area (Å²) in [6.45, 7) is 0. The monoisotopic (exact) mass is 374 g/mol. The van der Waals surface area contributed by atoms with Crippen molar-refractivity contribution in [3.05, 3.63) is 60.2 Å². The molecule has 2 aromatic rings. The Hall–Kier alpha value is -2.59. The van der Waals surface area contributed by atoms with Gasteiger partial charge in [0.1, 0.15) is 11.8 Å². The van der Waals surface area contributed by atoms with Gasteiger partial charge in [0.25, 0.3) is 0 Å². The predicted molar refractivity (Wildman–Crippen MR) is 81.8 cm³/mol. The van der Waals surface area contributed by atoms with E-state index < -0.39 is 34.1 Å². The van der Waals surface area contributed by atoms with Crippen LogP contribution in [-0.4, -0.2) is 20.7 Å². The van der Waals surface area contributed by atoms with Gasteiger partial charge in [0.05, 0.1) is 4.90 Å². The normalized spacial score (nSPS) is 13.2. The summed E-state index contributed by atoms with van der Waals surface area (Å²) in [5, 5.41) is 0. The van der Waals surface area contributed by atoms with E-state index in [1.165, 1.54) is 12.1 Å². The maximum absolute atomic E-state index is 12.3. The van der Waals surface area contributed by atoms with E-state index >= 15 is 0 Å². The second-order valence-electron chi connectivity index (χ2n) is 4.89. The van der Waals surface area contributed by atoms with Crippen LogP contribution in [0.15, 0.2) is 59.5 Å². The van der Waals surface area contributed by atoms with E-state index in [1.807, 2.05) is 0 Å². The van der Waals surface area contributed by atoms with E-state index in [1.54, 1.807) is 18.2 Å². The molecule has 0 aliphatic rings. The zero-order chi connectivity index (χ0) is 18.7. The third-order valence-electron chi connectivity index (χ3n) is 3.06. The van der Waals surface area contributed by atoms with E-state index in [-0.39, 0.29) is 4.90 Å². The van der Waals surface area contributed by atoms with Gasteiger partial charge in [0.15, 0.2) is 0 Å².